The second-order valence-corrected chi connectivity index (χ2v) is 7.36. The second kappa shape index (κ2) is 7.44. The van der Waals surface area contributed by atoms with Gasteiger partial charge >= 0.3 is 6.18 Å². The summed E-state index contributed by atoms with van der Waals surface area (Å²) in [6.45, 7) is 5.28. The number of carbonyl (C=O) groups excluding carboxylic acids is 1. The van der Waals surface area contributed by atoms with Gasteiger partial charge in [0.25, 0.3) is 0 Å². The molecule has 4 rings (SSSR count). The van der Waals surface area contributed by atoms with Crippen molar-refractivity contribution < 1.29 is 31.9 Å². The molecule has 2 heterocycles. The van der Waals surface area contributed by atoms with E-state index in [0.717, 1.165) is 0 Å². The highest BCUT2D eigenvalue weighted by Gasteiger charge is 2.40. The van der Waals surface area contributed by atoms with Crippen molar-refractivity contribution in [3.63, 3.8) is 0 Å². The number of aryl methyl sites for hydroxylation is 2. The fourth-order valence-corrected chi connectivity index (χ4v) is 3.81. The Morgan fingerprint density at radius 2 is 1.71 bits per heavy atom. The Morgan fingerprint density at radius 3 is 2.29 bits per heavy atom. The van der Waals surface area contributed by atoms with Crippen LogP contribution in [0.1, 0.15) is 41.1 Å². The topological polar surface area (TPSA) is 65.7 Å². The highest BCUT2D eigenvalue weighted by atomic mass is 19.4. The summed E-state index contributed by atoms with van der Waals surface area (Å²) in [5.74, 6) is -1.06. The predicted octanol–water partition coefficient (Wildman–Crippen LogP) is 5.32. The lowest BCUT2D eigenvalue weighted by Gasteiger charge is -2.21. The molecule has 2 aromatic carbocycles. The molecule has 3 aromatic rings. The summed E-state index contributed by atoms with van der Waals surface area (Å²) in [7, 11) is 0. The maximum absolute atomic E-state index is 14.0. The molecule has 0 aliphatic carbocycles. The van der Waals surface area contributed by atoms with Gasteiger partial charge in [0, 0.05) is 5.56 Å². The minimum absolute atomic E-state index is 0.0147. The Hall–Kier alpha value is -3.29. The van der Waals surface area contributed by atoms with E-state index in [1.807, 2.05) is 0 Å². The summed E-state index contributed by atoms with van der Waals surface area (Å²) in [6.07, 6.45) is -4.49. The highest BCUT2D eigenvalue weighted by molar-refractivity contribution is 5.99. The molecule has 0 saturated heterocycles. The van der Waals surface area contributed by atoms with Crippen LogP contribution in [-0.2, 0) is 12.6 Å². The van der Waals surface area contributed by atoms with E-state index in [2.05, 4.69) is 0 Å². The van der Waals surface area contributed by atoms with Crippen LogP contribution in [0.4, 0.5) is 13.2 Å². The van der Waals surface area contributed by atoms with Gasteiger partial charge in [-0.1, -0.05) is 6.92 Å². The lowest BCUT2D eigenvalue weighted by atomic mass is 9.94. The molecule has 0 spiro atoms. The van der Waals surface area contributed by atoms with Gasteiger partial charge in [-0.25, -0.2) is 0 Å². The van der Waals surface area contributed by atoms with Gasteiger partial charge in [-0.15, -0.1) is 0 Å². The zero-order chi connectivity index (χ0) is 22.5. The Kier molecular flexibility index (Phi) is 5.03. The van der Waals surface area contributed by atoms with Crippen LogP contribution in [0, 0.1) is 6.92 Å². The molecule has 0 atom stereocenters. The molecule has 1 aromatic heterocycles. The van der Waals surface area contributed by atoms with Crippen LogP contribution in [0.5, 0.6) is 11.5 Å². The first-order valence-electron chi connectivity index (χ1n) is 9.74. The first-order valence-corrected chi connectivity index (χ1v) is 9.74. The molecule has 162 valence electrons. The number of benzene rings is 2. The smallest absolute Gasteiger partial charge is 0.450 e. The first kappa shape index (κ1) is 21.0. The first-order chi connectivity index (χ1) is 14.6. The summed E-state index contributed by atoms with van der Waals surface area (Å²) < 4.78 is 58.1. The number of Topliss-reactive ketones (excluding diaryl/α,β-unsaturated/α-hetero) is 1. The monoisotopic (exact) mass is 432 g/mol. The van der Waals surface area contributed by atoms with Crippen LogP contribution in [-0.4, -0.2) is 19.0 Å². The van der Waals surface area contributed by atoms with Gasteiger partial charge in [-0.2, -0.15) is 13.2 Å². The molecule has 0 radical (unpaired) electrons. The van der Waals surface area contributed by atoms with Crippen molar-refractivity contribution in [3.8, 4) is 22.6 Å². The average Bonchev–Trinajstić information content (AvgIpc) is 2.71. The summed E-state index contributed by atoms with van der Waals surface area (Å²) in [5.41, 5.74) is -0.422. The van der Waals surface area contributed by atoms with Crippen molar-refractivity contribution in [3.05, 3.63) is 56.9 Å². The number of ketones is 1. The fourth-order valence-electron chi connectivity index (χ4n) is 3.81. The summed E-state index contributed by atoms with van der Waals surface area (Å²) >= 11 is 0. The van der Waals surface area contributed by atoms with Gasteiger partial charge in [0.15, 0.2) is 17.3 Å². The van der Waals surface area contributed by atoms with E-state index in [0.29, 0.717) is 29.9 Å². The third-order valence-electron chi connectivity index (χ3n) is 5.29. The van der Waals surface area contributed by atoms with E-state index < -0.39 is 22.9 Å². The third kappa shape index (κ3) is 3.56. The van der Waals surface area contributed by atoms with Gasteiger partial charge in [-0.05, 0) is 61.2 Å². The van der Waals surface area contributed by atoms with Gasteiger partial charge in [0.2, 0.25) is 11.2 Å². The van der Waals surface area contributed by atoms with E-state index in [9.17, 15) is 22.8 Å². The van der Waals surface area contributed by atoms with E-state index >= 15 is 0 Å². The van der Waals surface area contributed by atoms with E-state index in [1.54, 1.807) is 19.9 Å². The van der Waals surface area contributed by atoms with Crippen LogP contribution >= 0.6 is 0 Å². The van der Waals surface area contributed by atoms with Crippen molar-refractivity contribution in [2.24, 2.45) is 0 Å². The third-order valence-corrected chi connectivity index (χ3v) is 5.29. The molecule has 5 nitrogen and oxygen atoms in total. The van der Waals surface area contributed by atoms with Crippen LogP contribution in [0.2, 0.25) is 0 Å². The highest BCUT2D eigenvalue weighted by Crippen LogP contribution is 2.42. The predicted molar refractivity (Wildman–Crippen MR) is 108 cm³/mol. The molecule has 31 heavy (non-hydrogen) atoms. The number of hydrogen-bond donors (Lipinski definition) is 0. The molecule has 1 aliphatic rings. The lowest BCUT2D eigenvalue weighted by Crippen LogP contribution is -2.18. The molecule has 0 fully saturated rings. The van der Waals surface area contributed by atoms with Crippen LogP contribution in [0.25, 0.3) is 22.1 Å². The van der Waals surface area contributed by atoms with Crippen molar-refractivity contribution in [2.45, 2.75) is 33.4 Å². The van der Waals surface area contributed by atoms with E-state index in [1.165, 1.54) is 25.1 Å². The molecular formula is C23H19F3O5. The number of alkyl halides is 3. The zero-order valence-electron chi connectivity index (χ0n) is 17.1. The van der Waals surface area contributed by atoms with Crippen molar-refractivity contribution in [1.29, 1.82) is 0 Å². The van der Waals surface area contributed by atoms with Crippen LogP contribution in [0.3, 0.4) is 0 Å². The SMILES string of the molecule is CCc1cc2c(=O)c(-c3cc4c(cc3C)OCCO4)c(C(F)(F)F)oc2cc1C(C)=O. The maximum Gasteiger partial charge on any atom is 0.450 e. The Bertz CT molecular complexity index is 1270. The largest absolute Gasteiger partial charge is 0.486 e. The van der Waals surface area contributed by atoms with Crippen molar-refractivity contribution >= 4 is 16.8 Å². The molecule has 1 aliphatic heterocycles. The average molecular weight is 432 g/mol. The fraction of sp³-hybridized carbons (Fsp3) is 0.304. The molecule has 0 saturated carbocycles. The maximum atomic E-state index is 14.0. The number of carbonyl (C=O) groups is 1. The zero-order valence-corrected chi connectivity index (χ0v) is 17.1. The molecule has 0 N–H and O–H groups in total. The standard InChI is InChI=1S/C23H19F3O5/c1-4-13-8-16-17(10-15(13)12(3)27)31-22(23(24,25)26)20(21(16)28)14-9-19-18(7-11(14)2)29-5-6-30-19/h7-10H,4-6H2,1-3H3. The van der Waals surface area contributed by atoms with Gasteiger partial charge in [0.1, 0.15) is 18.8 Å². The summed E-state index contributed by atoms with van der Waals surface area (Å²) in [5, 5.41) is -0.0147. The number of ether oxygens (including phenoxy) is 2. The minimum atomic E-state index is -4.93. The van der Waals surface area contributed by atoms with Gasteiger partial charge in [0.05, 0.1) is 10.9 Å². The number of rotatable bonds is 3. The minimum Gasteiger partial charge on any atom is -0.486 e. The van der Waals surface area contributed by atoms with Gasteiger partial charge in [-0.3, -0.25) is 9.59 Å². The summed E-state index contributed by atoms with van der Waals surface area (Å²) in [6, 6.07) is 5.58. The van der Waals surface area contributed by atoms with Crippen LogP contribution < -0.4 is 14.9 Å². The lowest BCUT2D eigenvalue weighted by molar-refractivity contribution is -0.152. The molecule has 0 bridgehead atoms. The number of fused-ring (bicyclic) bond motifs is 2. The Balaban J connectivity index is 2.10. The Morgan fingerprint density at radius 1 is 1.06 bits per heavy atom. The normalized spacial score (nSPS) is 13.5. The van der Waals surface area contributed by atoms with E-state index in [4.69, 9.17) is 13.9 Å². The number of halogens is 3. The quantitative estimate of drug-likeness (QED) is 0.524. The second-order valence-electron chi connectivity index (χ2n) is 7.36. The molecule has 0 amide bonds. The van der Waals surface area contributed by atoms with Gasteiger partial charge < -0.3 is 13.9 Å². The van der Waals surface area contributed by atoms with Crippen molar-refractivity contribution in [2.75, 3.05) is 13.2 Å². The number of hydrogen-bond acceptors (Lipinski definition) is 5. The molecule has 8 heteroatoms. The molecule has 0 unspecified atom stereocenters. The Labute approximate surface area is 175 Å². The molecular weight excluding hydrogens is 413 g/mol. The van der Waals surface area contributed by atoms with Crippen molar-refractivity contribution in [1.82, 2.24) is 0 Å². The summed E-state index contributed by atoms with van der Waals surface area (Å²) in [4.78, 5) is 25.3. The van der Waals surface area contributed by atoms with Crippen LogP contribution in [0.15, 0.2) is 33.5 Å². The van der Waals surface area contributed by atoms with E-state index in [-0.39, 0.29) is 40.2 Å².